The summed E-state index contributed by atoms with van der Waals surface area (Å²) in [5, 5.41) is 1.69. The van der Waals surface area contributed by atoms with Gasteiger partial charge in [-0.05, 0) is 39.2 Å². The molecule has 0 spiro atoms. The normalized spacial score (nSPS) is 19.7. The second-order valence-corrected chi connectivity index (χ2v) is 5.18. The molecule has 0 aromatic heterocycles. The van der Waals surface area contributed by atoms with Gasteiger partial charge in [0.05, 0.1) is 0 Å². The summed E-state index contributed by atoms with van der Waals surface area (Å²) in [4.78, 5) is 0. The van der Waals surface area contributed by atoms with Crippen LogP contribution in [0, 0.1) is 5.92 Å². The Bertz CT molecular complexity index is 298. The van der Waals surface area contributed by atoms with Gasteiger partial charge in [0.2, 0.25) is 0 Å². The Morgan fingerprint density at radius 2 is 1.69 bits per heavy atom. The topological polar surface area (TPSA) is 0 Å². The zero-order valence-corrected chi connectivity index (χ0v) is 15.1. The Labute approximate surface area is 119 Å². The zero-order chi connectivity index (χ0) is 12.0. The van der Waals surface area contributed by atoms with Crippen LogP contribution < -0.4 is 0 Å². The average Bonchev–Trinajstić information content (AvgIpc) is 2.39. The van der Waals surface area contributed by atoms with Crippen molar-refractivity contribution < 1.29 is 21.7 Å². The molecule has 2 heteroatoms. The molecule has 0 aliphatic heterocycles. The molecule has 1 aliphatic rings. The van der Waals surface area contributed by atoms with Crippen LogP contribution in [0.4, 0.5) is 0 Å². The number of hydrogen-bond donors (Lipinski definition) is 0. The minimum Gasteiger partial charge on any atom is -0.0991 e. The molecule has 1 aliphatic carbocycles. The van der Waals surface area contributed by atoms with Crippen LogP contribution >= 0.6 is 0 Å². The van der Waals surface area contributed by atoms with E-state index in [0.29, 0.717) is 0 Å². The first-order chi connectivity index (χ1) is 6.97. The van der Waals surface area contributed by atoms with Crippen LogP contribution in [0.25, 0.3) is 0 Å². The van der Waals surface area contributed by atoms with Gasteiger partial charge in [-0.25, -0.2) is 0 Å². The van der Waals surface area contributed by atoms with Crippen LogP contribution in [0.1, 0.15) is 34.6 Å². The van der Waals surface area contributed by atoms with E-state index in [1.165, 1.54) is 15.8 Å². The van der Waals surface area contributed by atoms with E-state index in [9.17, 15) is 0 Å². The number of hydrogen-bond acceptors (Lipinski definition) is 0. The minimum atomic E-state index is 0. The zero-order valence-electron chi connectivity index (χ0n) is 11.5. The van der Waals surface area contributed by atoms with Crippen LogP contribution in [0.15, 0.2) is 46.7 Å². The van der Waals surface area contributed by atoms with Gasteiger partial charge in [0.1, 0.15) is 0 Å². The first-order valence-electron chi connectivity index (χ1n) is 5.56. The van der Waals surface area contributed by atoms with E-state index in [2.05, 4.69) is 34.3 Å². The van der Waals surface area contributed by atoms with Gasteiger partial charge in [0.15, 0.2) is 0 Å². The summed E-state index contributed by atoms with van der Waals surface area (Å²) in [5.74, 6) is 0.756. The third-order valence-electron chi connectivity index (χ3n) is 3.37. The van der Waals surface area contributed by atoms with Gasteiger partial charge in [0, 0.05) is 32.0 Å². The largest absolute Gasteiger partial charge is 0.0991 e. The second kappa shape index (κ2) is 8.98. The first-order valence-corrected chi connectivity index (χ1v) is 6.56. The summed E-state index contributed by atoms with van der Waals surface area (Å²) in [6.07, 6.45) is 5.58. The van der Waals surface area contributed by atoms with Crippen molar-refractivity contribution in [2.45, 2.75) is 34.6 Å². The Kier molecular flexibility index (Phi) is 10.2. The van der Waals surface area contributed by atoms with Gasteiger partial charge >= 0.3 is 0 Å². The van der Waals surface area contributed by atoms with E-state index in [0.717, 1.165) is 5.92 Å². The molecule has 0 bridgehead atoms. The van der Waals surface area contributed by atoms with Crippen LogP contribution in [0.2, 0.25) is 0 Å². The molecule has 1 rings (SSSR count). The molecule has 0 saturated heterocycles. The predicted octanol–water partition coefficient (Wildman–Crippen LogP) is 3.36. The standard InChI is InChI=1S/C9H16Si.C5H8.Ti/c1-5-6(2)8(4)9(10)7(5)3;1-3-5-4-2;/h7H,1-4,10H3;3-5H,1H2,2H3;. The van der Waals surface area contributed by atoms with Gasteiger partial charge in [-0.15, -0.1) is 0 Å². The van der Waals surface area contributed by atoms with E-state index in [-0.39, 0.29) is 21.7 Å². The molecule has 1 atom stereocenters. The van der Waals surface area contributed by atoms with Crippen molar-refractivity contribution in [2.75, 3.05) is 0 Å². The van der Waals surface area contributed by atoms with Crippen molar-refractivity contribution in [2.24, 2.45) is 5.92 Å². The molecule has 0 heterocycles. The second-order valence-electron chi connectivity index (χ2n) is 4.10. The SMILES string of the molecule is C=CC=CC.CC1=C(C)C(C)C([SiH3])=C1C.[Ti]. The fourth-order valence-corrected chi connectivity index (χ4v) is 2.51. The van der Waals surface area contributed by atoms with E-state index in [1.54, 1.807) is 22.4 Å². The molecule has 0 amide bonds. The molecule has 0 aromatic rings. The van der Waals surface area contributed by atoms with Gasteiger partial charge < -0.3 is 0 Å². The first kappa shape index (κ1) is 18.3. The molecule has 0 fully saturated rings. The molecule has 88 valence electrons. The van der Waals surface area contributed by atoms with Gasteiger partial charge in [-0.3, -0.25) is 0 Å². The molecule has 0 N–H and O–H groups in total. The number of allylic oxidation sites excluding steroid dienone is 7. The molecule has 0 saturated carbocycles. The maximum atomic E-state index is 3.46. The van der Waals surface area contributed by atoms with E-state index < -0.39 is 0 Å². The van der Waals surface area contributed by atoms with Crippen LogP contribution in [0.3, 0.4) is 0 Å². The summed E-state index contributed by atoms with van der Waals surface area (Å²) in [7, 11) is 1.23. The van der Waals surface area contributed by atoms with Crippen molar-refractivity contribution in [1.29, 1.82) is 0 Å². The van der Waals surface area contributed by atoms with E-state index in [1.807, 2.05) is 19.1 Å². The smallest absolute Gasteiger partial charge is 0.0344 e. The Balaban J connectivity index is 0. The maximum Gasteiger partial charge on any atom is 0.0344 e. The van der Waals surface area contributed by atoms with Crippen molar-refractivity contribution in [1.82, 2.24) is 0 Å². The van der Waals surface area contributed by atoms with Gasteiger partial charge in [0.25, 0.3) is 0 Å². The molecule has 1 unspecified atom stereocenters. The van der Waals surface area contributed by atoms with Crippen LogP contribution in [-0.2, 0) is 21.7 Å². The third kappa shape index (κ3) is 4.82. The number of rotatable bonds is 1. The summed E-state index contributed by atoms with van der Waals surface area (Å²) in [6, 6.07) is 0. The van der Waals surface area contributed by atoms with Gasteiger partial charge in [-0.1, -0.05) is 48.1 Å². The molecule has 0 aromatic carbocycles. The van der Waals surface area contributed by atoms with Crippen molar-refractivity contribution in [3.8, 4) is 0 Å². The summed E-state index contributed by atoms with van der Waals surface area (Å²) >= 11 is 0. The molecule has 0 radical (unpaired) electrons. The van der Waals surface area contributed by atoms with E-state index >= 15 is 0 Å². The van der Waals surface area contributed by atoms with Crippen LogP contribution in [-0.4, -0.2) is 10.2 Å². The monoisotopic (exact) mass is 268 g/mol. The Morgan fingerprint density at radius 3 is 1.75 bits per heavy atom. The summed E-state index contributed by atoms with van der Waals surface area (Å²) in [5.41, 5.74) is 4.69. The minimum absolute atomic E-state index is 0. The molecular weight excluding hydrogens is 244 g/mol. The van der Waals surface area contributed by atoms with Crippen molar-refractivity contribution in [3.05, 3.63) is 46.7 Å². The van der Waals surface area contributed by atoms with Gasteiger partial charge in [-0.2, -0.15) is 0 Å². The maximum absolute atomic E-state index is 3.46. The Hall–Kier alpha value is -0.109. The summed E-state index contributed by atoms with van der Waals surface area (Å²) in [6.45, 7) is 14.5. The Morgan fingerprint density at radius 1 is 1.19 bits per heavy atom. The quantitative estimate of drug-likeness (QED) is 0.505. The fourth-order valence-electron chi connectivity index (χ4n) is 1.70. The molecule has 16 heavy (non-hydrogen) atoms. The predicted molar refractivity (Wildman–Crippen MR) is 75.2 cm³/mol. The summed E-state index contributed by atoms with van der Waals surface area (Å²) < 4.78 is 0. The molecular formula is C14H24SiTi. The molecule has 0 nitrogen and oxygen atoms in total. The fraction of sp³-hybridized carbons (Fsp3) is 0.429. The van der Waals surface area contributed by atoms with Crippen molar-refractivity contribution >= 4 is 10.2 Å². The third-order valence-corrected chi connectivity index (χ3v) is 4.99. The van der Waals surface area contributed by atoms with Crippen LogP contribution in [0.5, 0.6) is 0 Å². The van der Waals surface area contributed by atoms with Crippen molar-refractivity contribution in [3.63, 3.8) is 0 Å². The van der Waals surface area contributed by atoms with E-state index in [4.69, 9.17) is 0 Å². The average molecular weight is 268 g/mol.